The smallest absolute Gasteiger partial charge is 0.243 e. The minimum Gasteiger partial charge on any atom is -0.494 e. The van der Waals surface area contributed by atoms with E-state index in [1.165, 1.54) is 0 Å². The third-order valence-corrected chi connectivity index (χ3v) is 5.79. The average Bonchev–Trinajstić information content (AvgIpc) is 2.71. The number of fused-ring (bicyclic) bond motifs is 1. The molecule has 0 saturated heterocycles. The predicted molar refractivity (Wildman–Crippen MR) is 114 cm³/mol. The Labute approximate surface area is 176 Å². The van der Waals surface area contributed by atoms with E-state index in [0.717, 1.165) is 16.1 Å². The second-order valence-corrected chi connectivity index (χ2v) is 8.72. The molecule has 0 spiro atoms. The maximum absolute atomic E-state index is 12.8. The van der Waals surface area contributed by atoms with Crippen LogP contribution in [0.3, 0.4) is 0 Å². The van der Waals surface area contributed by atoms with Crippen molar-refractivity contribution in [3.63, 3.8) is 0 Å². The molecule has 1 aliphatic heterocycles. The number of ether oxygens (including phenoxy) is 3. The first-order valence-corrected chi connectivity index (χ1v) is 11.5. The largest absolute Gasteiger partial charge is 0.494 e. The fourth-order valence-corrected chi connectivity index (χ4v) is 4.39. The molecule has 0 saturated carbocycles. The third kappa shape index (κ3) is 5.15. The summed E-state index contributed by atoms with van der Waals surface area (Å²) in [6, 6.07) is 11.2. The normalized spacial score (nSPS) is 14.0. The van der Waals surface area contributed by atoms with Crippen LogP contribution in [0.2, 0.25) is 0 Å². The van der Waals surface area contributed by atoms with Gasteiger partial charge in [0.1, 0.15) is 25.0 Å². The van der Waals surface area contributed by atoms with Crippen molar-refractivity contribution in [3.8, 4) is 17.2 Å². The Bertz CT molecular complexity index is 1010. The summed E-state index contributed by atoms with van der Waals surface area (Å²) in [4.78, 5) is 12.8. The zero-order chi connectivity index (χ0) is 21.7. The van der Waals surface area contributed by atoms with Crippen LogP contribution in [-0.2, 0) is 21.4 Å². The van der Waals surface area contributed by atoms with E-state index in [9.17, 15) is 13.2 Å². The number of nitrogens with zero attached hydrogens (tertiary/aromatic N) is 1. The Morgan fingerprint density at radius 2 is 1.90 bits per heavy atom. The number of benzene rings is 2. The van der Waals surface area contributed by atoms with Crippen LogP contribution in [0.5, 0.6) is 17.2 Å². The number of carbonyl (C=O) groups excluding carboxylic acids is 1. The molecule has 0 fully saturated rings. The second-order valence-electron chi connectivity index (χ2n) is 6.86. The topological polar surface area (TPSA) is 94.2 Å². The van der Waals surface area contributed by atoms with E-state index >= 15 is 0 Å². The molecule has 0 radical (unpaired) electrons. The van der Waals surface area contributed by atoms with Gasteiger partial charge in [-0.25, -0.2) is 8.42 Å². The molecule has 30 heavy (non-hydrogen) atoms. The fourth-order valence-electron chi connectivity index (χ4n) is 3.23. The first-order valence-electron chi connectivity index (χ1n) is 9.68. The molecule has 2 aromatic rings. The number of anilines is 1. The van der Waals surface area contributed by atoms with E-state index in [1.54, 1.807) is 25.1 Å². The van der Waals surface area contributed by atoms with Crippen LogP contribution in [0.15, 0.2) is 42.5 Å². The van der Waals surface area contributed by atoms with Crippen molar-refractivity contribution >= 4 is 21.6 Å². The molecule has 8 nitrogen and oxygen atoms in total. The fraction of sp³-hybridized carbons (Fsp3) is 0.381. The van der Waals surface area contributed by atoms with Crippen LogP contribution in [0.4, 0.5) is 5.69 Å². The molecule has 0 aliphatic carbocycles. The standard InChI is InChI=1S/C21H26N2O6S/c1-4-27-18-7-5-6-16(12-18)14-22-21(24)15(2)23(30(3,25)26)17-8-9-19-20(13-17)29-11-10-28-19/h5-9,12-13,15H,4,10-11,14H2,1-3H3,(H,22,24). The summed E-state index contributed by atoms with van der Waals surface area (Å²) < 4.78 is 42.6. The molecular formula is C21H26N2O6S. The molecule has 162 valence electrons. The molecule has 1 N–H and O–H groups in total. The Morgan fingerprint density at radius 3 is 2.60 bits per heavy atom. The van der Waals surface area contributed by atoms with E-state index in [-0.39, 0.29) is 6.54 Å². The molecule has 1 aliphatic rings. The number of carbonyl (C=O) groups is 1. The summed E-state index contributed by atoms with van der Waals surface area (Å²) in [7, 11) is -3.73. The molecule has 1 heterocycles. The molecule has 0 aromatic heterocycles. The van der Waals surface area contributed by atoms with E-state index in [4.69, 9.17) is 14.2 Å². The monoisotopic (exact) mass is 434 g/mol. The van der Waals surface area contributed by atoms with Crippen molar-refractivity contribution in [3.05, 3.63) is 48.0 Å². The van der Waals surface area contributed by atoms with Gasteiger partial charge < -0.3 is 19.5 Å². The highest BCUT2D eigenvalue weighted by Gasteiger charge is 2.30. The van der Waals surface area contributed by atoms with E-state index in [1.807, 2.05) is 31.2 Å². The van der Waals surface area contributed by atoms with Gasteiger partial charge in [0.2, 0.25) is 15.9 Å². The lowest BCUT2D eigenvalue weighted by atomic mass is 10.2. The van der Waals surface area contributed by atoms with Crippen molar-refractivity contribution in [1.82, 2.24) is 5.32 Å². The molecule has 0 bridgehead atoms. The Hall–Kier alpha value is -2.94. The molecule has 1 amide bonds. The molecule has 1 unspecified atom stereocenters. The second kappa shape index (κ2) is 9.25. The molecule has 9 heteroatoms. The third-order valence-electron chi connectivity index (χ3n) is 4.54. The molecular weight excluding hydrogens is 408 g/mol. The SMILES string of the molecule is CCOc1cccc(CNC(=O)C(C)N(c2ccc3c(c2)OCCO3)S(C)(=O)=O)c1. The van der Waals surface area contributed by atoms with Crippen molar-refractivity contribution < 1.29 is 27.4 Å². The number of nitrogens with one attached hydrogen (secondary N) is 1. The lowest BCUT2D eigenvalue weighted by molar-refractivity contribution is -0.122. The summed E-state index contributed by atoms with van der Waals surface area (Å²) in [6.07, 6.45) is 1.07. The van der Waals surface area contributed by atoms with Gasteiger partial charge in [0.15, 0.2) is 11.5 Å². The first-order chi connectivity index (χ1) is 14.3. The summed E-state index contributed by atoms with van der Waals surface area (Å²) >= 11 is 0. The zero-order valence-corrected chi connectivity index (χ0v) is 18.1. The maximum atomic E-state index is 12.8. The van der Waals surface area contributed by atoms with Gasteiger partial charge in [-0.05, 0) is 43.7 Å². The highest BCUT2D eigenvalue weighted by atomic mass is 32.2. The Morgan fingerprint density at radius 1 is 1.17 bits per heavy atom. The number of amides is 1. The number of rotatable bonds is 8. The highest BCUT2D eigenvalue weighted by Crippen LogP contribution is 2.35. The van der Waals surface area contributed by atoms with Gasteiger partial charge in [0, 0.05) is 12.6 Å². The van der Waals surface area contributed by atoms with Gasteiger partial charge in [-0.1, -0.05) is 12.1 Å². The van der Waals surface area contributed by atoms with Crippen molar-refractivity contribution in [2.24, 2.45) is 0 Å². The zero-order valence-electron chi connectivity index (χ0n) is 17.3. The lowest BCUT2D eigenvalue weighted by Crippen LogP contribution is -2.47. The van der Waals surface area contributed by atoms with Crippen LogP contribution in [-0.4, -0.2) is 46.4 Å². The van der Waals surface area contributed by atoms with E-state index < -0.39 is 22.0 Å². The van der Waals surface area contributed by atoms with Crippen molar-refractivity contribution in [2.75, 3.05) is 30.4 Å². The highest BCUT2D eigenvalue weighted by molar-refractivity contribution is 7.92. The molecule has 2 aromatic carbocycles. The number of hydrogen-bond acceptors (Lipinski definition) is 6. The van der Waals surface area contributed by atoms with Gasteiger partial charge in [-0.3, -0.25) is 9.10 Å². The predicted octanol–water partition coefficient (Wildman–Crippen LogP) is 2.33. The van der Waals surface area contributed by atoms with Gasteiger partial charge in [0.05, 0.1) is 18.6 Å². The first kappa shape index (κ1) is 21.8. The Balaban J connectivity index is 1.76. The van der Waals surface area contributed by atoms with Gasteiger partial charge in [-0.15, -0.1) is 0 Å². The van der Waals surface area contributed by atoms with Gasteiger partial charge in [-0.2, -0.15) is 0 Å². The molecule has 1 atom stereocenters. The lowest BCUT2D eigenvalue weighted by Gasteiger charge is -2.29. The van der Waals surface area contributed by atoms with E-state index in [2.05, 4.69) is 5.32 Å². The van der Waals surface area contributed by atoms with Crippen molar-refractivity contribution in [1.29, 1.82) is 0 Å². The van der Waals surface area contributed by atoms with Crippen molar-refractivity contribution in [2.45, 2.75) is 26.4 Å². The van der Waals surface area contributed by atoms with Gasteiger partial charge in [0.25, 0.3) is 0 Å². The Kier molecular flexibility index (Phi) is 6.71. The molecule has 3 rings (SSSR count). The average molecular weight is 435 g/mol. The van der Waals surface area contributed by atoms with Crippen LogP contribution in [0.25, 0.3) is 0 Å². The van der Waals surface area contributed by atoms with E-state index in [0.29, 0.717) is 42.8 Å². The van der Waals surface area contributed by atoms with Crippen LogP contribution < -0.4 is 23.8 Å². The number of sulfonamides is 1. The minimum absolute atomic E-state index is 0.253. The summed E-state index contributed by atoms with van der Waals surface area (Å²) in [6.45, 7) is 5.06. The summed E-state index contributed by atoms with van der Waals surface area (Å²) in [5.74, 6) is 1.29. The summed E-state index contributed by atoms with van der Waals surface area (Å²) in [5.41, 5.74) is 1.19. The van der Waals surface area contributed by atoms with Crippen LogP contribution in [0, 0.1) is 0 Å². The maximum Gasteiger partial charge on any atom is 0.243 e. The van der Waals surface area contributed by atoms with Crippen LogP contribution in [0.1, 0.15) is 19.4 Å². The van der Waals surface area contributed by atoms with Crippen LogP contribution >= 0.6 is 0 Å². The minimum atomic E-state index is -3.73. The summed E-state index contributed by atoms with van der Waals surface area (Å²) in [5, 5.41) is 2.80. The van der Waals surface area contributed by atoms with Gasteiger partial charge >= 0.3 is 0 Å². The number of hydrogen-bond donors (Lipinski definition) is 1. The quantitative estimate of drug-likeness (QED) is 0.685.